The van der Waals surface area contributed by atoms with Gasteiger partial charge in [-0.25, -0.2) is 4.68 Å². The summed E-state index contributed by atoms with van der Waals surface area (Å²) < 4.78 is 2.02. The number of nitrogen functional groups attached to an aromatic ring is 1. The Labute approximate surface area is 111 Å². The number of aromatic nitrogens is 2. The average molecular weight is 249 g/mol. The first-order valence-electron chi connectivity index (χ1n) is 6.68. The van der Waals surface area contributed by atoms with Crippen molar-refractivity contribution in [2.24, 2.45) is 0 Å². The topological polar surface area (TPSA) is 43.8 Å². The molecule has 2 N–H and O–H groups in total. The van der Waals surface area contributed by atoms with Gasteiger partial charge in [-0.1, -0.05) is 30.3 Å². The van der Waals surface area contributed by atoms with Gasteiger partial charge in [-0.2, -0.15) is 5.10 Å². The summed E-state index contributed by atoms with van der Waals surface area (Å²) in [4.78, 5) is 0. The van der Waals surface area contributed by atoms with E-state index in [0.29, 0.717) is 5.82 Å². The number of anilines is 1. The molecule has 0 fully saturated rings. The largest absolute Gasteiger partial charge is 0.382 e. The number of rotatable bonds is 1. The van der Waals surface area contributed by atoms with Gasteiger partial charge in [0.1, 0.15) is 5.82 Å². The Bertz CT molecular complexity index is 771. The maximum absolute atomic E-state index is 6.01. The van der Waals surface area contributed by atoms with Gasteiger partial charge in [0.25, 0.3) is 0 Å². The van der Waals surface area contributed by atoms with Gasteiger partial charge in [-0.15, -0.1) is 0 Å². The van der Waals surface area contributed by atoms with Crippen LogP contribution in [0.5, 0.6) is 0 Å². The Hall–Kier alpha value is -2.29. The highest BCUT2D eigenvalue weighted by atomic mass is 15.3. The maximum atomic E-state index is 6.01. The minimum atomic E-state index is 0.695. The molecule has 1 aromatic heterocycles. The zero-order valence-corrected chi connectivity index (χ0v) is 10.6. The SMILES string of the molecule is Nc1nn(-c2ccc3ccccc3c2)c2c1CCC2. The molecule has 3 aromatic rings. The van der Waals surface area contributed by atoms with Crippen molar-refractivity contribution in [3.63, 3.8) is 0 Å². The number of nitrogens with zero attached hydrogens (tertiary/aromatic N) is 2. The van der Waals surface area contributed by atoms with Gasteiger partial charge in [0.05, 0.1) is 5.69 Å². The van der Waals surface area contributed by atoms with Crippen molar-refractivity contribution in [3.8, 4) is 5.69 Å². The summed E-state index contributed by atoms with van der Waals surface area (Å²) in [5, 5.41) is 6.99. The molecular weight excluding hydrogens is 234 g/mol. The van der Waals surface area contributed by atoms with Crippen molar-refractivity contribution < 1.29 is 0 Å². The summed E-state index contributed by atoms with van der Waals surface area (Å²) in [6.07, 6.45) is 3.33. The van der Waals surface area contributed by atoms with Gasteiger partial charge >= 0.3 is 0 Å². The molecule has 0 atom stereocenters. The van der Waals surface area contributed by atoms with E-state index in [-0.39, 0.29) is 0 Å². The second kappa shape index (κ2) is 3.85. The van der Waals surface area contributed by atoms with Crippen LogP contribution in [-0.4, -0.2) is 9.78 Å². The summed E-state index contributed by atoms with van der Waals surface area (Å²) >= 11 is 0. The Kier molecular flexibility index (Phi) is 2.15. The molecule has 2 aromatic carbocycles. The van der Waals surface area contributed by atoms with Crippen LogP contribution < -0.4 is 5.73 Å². The second-order valence-electron chi connectivity index (χ2n) is 5.11. The summed E-state index contributed by atoms with van der Waals surface area (Å²) in [5.74, 6) is 0.695. The molecule has 3 nitrogen and oxygen atoms in total. The van der Waals surface area contributed by atoms with Gasteiger partial charge in [0.2, 0.25) is 0 Å². The lowest BCUT2D eigenvalue weighted by atomic mass is 10.1. The van der Waals surface area contributed by atoms with Gasteiger partial charge in [0, 0.05) is 11.3 Å². The van der Waals surface area contributed by atoms with Crippen LogP contribution in [0.2, 0.25) is 0 Å². The third-order valence-electron chi connectivity index (χ3n) is 3.94. The predicted molar refractivity (Wildman–Crippen MR) is 77.5 cm³/mol. The van der Waals surface area contributed by atoms with E-state index in [4.69, 9.17) is 5.73 Å². The average Bonchev–Trinajstić information content (AvgIpc) is 3.03. The van der Waals surface area contributed by atoms with Crippen LogP contribution in [0.3, 0.4) is 0 Å². The molecule has 4 rings (SSSR count). The van der Waals surface area contributed by atoms with Gasteiger partial charge in [-0.05, 0) is 42.2 Å². The lowest BCUT2D eigenvalue weighted by molar-refractivity contribution is 0.789. The van der Waals surface area contributed by atoms with Crippen molar-refractivity contribution in [1.82, 2.24) is 9.78 Å². The van der Waals surface area contributed by atoms with E-state index in [1.54, 1.807) is 0 Å². The van der Waals surface area contributed by atoms with Crippen LogP contribution in [0.25, 0.3) is 16.5 Å². The smallest absolute Gasteiger partial charge is 0.149 e. The van der Waals surface area contributed by atoms with E-state index >= 15 is 0 Å². The van der Waals surface area contributed by atoms with Crippen LogP contribution in [-0.2, 0) is 12.8 Å². The third kappa shape index (κ3) is 1.55. The molecule has 0 saturated carbocycles. The Morgan fingerprint density at radius 1 is 1.00 bits per heavy atom. The van der Waals surface area contributed by atoms with Crippen molar-refractivity contribution in [1.29, 1.82) is 0 Å². The number of hydrogen-bond donors (Lipinski definition) is 1. The molecule has 1 aliphatic rings. The first-order valence-corrected chi connectivity index (χ1v) is 6.68. The molecule has 3 heteroatoms. The Morgan fingerprint density at radius 3 is 2.74 bits per heavy atom. The maximum Gasteiger partial charge on any atom is 0.149 e. The fourth-order valence-electron chi connectivity index (χ4n) is 2.99. The van der Waals surface area contributed by atoms with Gasteiger partial charge in [0.15, 0.2) is 0 Å². The molecule has 0 amide bonds. The summed E-state index contributed by atoms with van der Waals surface area (Å²) in [5.41, 5.74) is 9.64. The van der Waals surface area contributed by atoms with Crippen molar-refractivity contribution in [3.05, 3.63) is 53.7 Å². The van der Waals surface area contributed by atoms with E-state index in [0.717, 1.165) is 18.5 Å². The fraction of sp³-hybridized carbons (Fsp3) is 0.188. The minimum Gasteiger partial charge on any atom is -0.382 e. The number of nitrogens with two attached hydrogens (primary N) is 1. The molecule has 0 radical (unpaired) electrons. The van der Waals surface area contributed by atoms with Crippen molar-refractivity contribution >= 4 is 16.6 Å². The molecule has 1 heterocycles. The van der Waals surface area contributed by atoms with E-state index in [9.17, 15) is 0 Å². The van der Waals surface area contributed by atoms with Crippen LogP contribution in [0.4, 0.5) is 5.82 Å². The lowest BCUT2D eigenvalue weighted by Gasteiger charge is -2.07. The highest BCUT2D eigenvalue weighted by Gasteiger charge is 2.21. The zero-order chi connectivity index (χ0) is 12.8. The fourth-order valence-corrected chi connectivity index (χ4v) is 2.99. The normalized spacial score (nSPS) is 13.9. The molecule has 0 unspecified atom stereocenters. The molecule has 0 spiro atoms. The van der Waals surface area contributed by atoms with Crippen LogP contribution >= 0.6 is 0 Å². The Morgan fingerprint density at radius 2 is 1.84 bits per heavy atom. The molecule has 19 heavy (non-hydrogen) atoms. The number of fused-ring (bicyclic) bond motifs is 2. The third-order valence-corrected chi connectivity index (χ3v) is 3.94. The van der Waals surface area contributed by atoms with E-state index in [1.165, 1.54) is 28.5 Å². The summed E-state index contributed by atoms with van der Waals surface area (Å²) in [6.45, 7) is 0. The Balaban J connectivity index is 1.93. The highest BCUT2D eigenvalue weighted by molar-refractivity contribution is 5.84. The quantitative estimate of drug-likeness (QED) is 0.720. The molecule has 1 aliphatic carbocycles. The van der Waals surface area contributed by atoms with Crippen LogP contribution in [0.1, 0.15) is 17.7 Å². The van der Waals surface area contributed by atoms with Crippen molar-refractivity contribution in [2.75, 3.05) is 5.73 Å². The van der Waals surface area contributed by atoms with E-state index in [1.807, 2.05) is 4.68 Å². The molecule has 94 valence electrons. The highest BCUT2D eigenvalue weighted by Crippen LogP contribution is 2.29. The number of benzene rings is 2. The zero-order valence-electron chi connectivity index (χ0n) is 10.6. The predicted octanol–water partition coefficient (Wildman–Crippen LogP) is 3.10. The van der Waals surface area contributed by atoms with Crippen molar-refractivity contribution in [2.45, 2.75) is 19.3 Å². The standard InChI is InChI=1S/C16H15N3/c17-16-14-6-3-7-15(14)19(18-16)13-9-8-11-4-1-2-5-12(11)10-13/h1-2,4-5,8-10H,3,6-7H2,(H2,17,18). The molecule has 0 aliphatic heterocycles. The van der Waals surface area contributed by atoms with E-state index < -0.39 is 0 Å². The number of hydrogen-bond acceptors (Lipinski definition) is 2. The minimum absolute atomic E-state index is 0.695. The molecular formula is C16H15N3. The lowest BCUT2D eigenvalue weighted by Crippen LogP contribution is -2.01. The monoisotopic (exact) mass is 249 g/mol. The summed E-state index contributed by atoms with van der Waals surface area (Å²) in [6, 6.07) is 14.8. The second-order valence-corrected chi connectivity index (χ2v) is 5.11. The molecule has 0 bridgehead atoms. The first-order chi connectivity index (χ1) is 9.33. The van der Waals surface area contributed by atoms with Crippen LogP contribution in [0.15, 0.2) is 42.5 Å². The molecule has 0 saturated heterocycles. The van der Waals surface area contributed by atoms with Crippen LogP contribution in [0, 0.1) is 0 Å². The summed E-state index contributed by atoms with van der Waals surface area (Å²) in [7, 11) is 0. The first kappa shape index (κ1) is 10.6. The van der Waals surface area contributed by atoms with Gasteiger partial charge in [-0.3, -0.25) is 0 Å². The van der Waals surface area contributed by atoms with Gasteiger partial charge < -0.3 is 5.73 Å². The van der Waals surface area contributed by atoms with E-state index in [2.05, 4.69) is 47.6 Å².